The quantitative estimate of drug-likeness (QED) is 0.600. The number of aromatic hydroxyl groups is 1. The number of carbonyl (C=O) groups excluding carboxylic acids is 1. The number of nitrogens with zero attached hydrogens (tertiary/aromatic N) is 2. The van der Waals surface area contributed by atoms with Crippen LogP contribution in [-0.4, -0.2) is 47.9 Å². The highest BCUT2D eigenvalue weighted by Gasteiger charge is 2.18. The lowest BCUT2D eigenvalue weighted by Gasteiger charge is -2.26. The predicted octanol–water partition coefficient (Wildman–Crippen LogP) is 5.47. The van der Waals surface area contributed by atoms with Crippen LogP contribution < -0.4 is 0 Å². The van der Waals surface area contributed by atoms with Crippen molar-refractivity contribution in [2.45, 2.75) is 51.9 Å². The Morgan fingerprint density at radius 3 is 2.82 bits per heavy atom. The molecule has 2 heterocycles. The van der Waals surface area contributed by atoms with Crippen LogP contribution in [0.15, 0.2) is 60.3 Å². The smallest absolute Gasteiger partial charge is 0.263 e. The summed E-state index contributed by atoms with van der Waals surface area (Å²) in [7, 11) is 0. The van der Waals surface area contributed by atoms with E-state index in [1.54, 1.807) is 12.1 Å². The molecule has 0 saturated carbocycles. The van der Waals surface area contributed by atoms with E-state index in [-0.39, 0.29) is 18.3 Å². The minimum Gasteiger partial charge on any atom is -0.508 e. The molecule has 2 aliphatic heterocycles. The summed E-state index contributed by atoms with van der Waals surface area (Å²) in [4.78, 5) is 19.8. The van der Waals surface area contributed by atoms with Crippen LogP contribution in [0.25, 0.3) is 5.76 Å². The van der Waals surface area contributed by atoms with Crippen LogP contribution in [0.2, 0.25) is 0 Å². The fourth-order valence-corrected chi connectivity index (χ4v) is 4.34. The lowest BCUT2D eigenvalue weighted by atomic mass is 9.95. The van der Waals surface area contributed by atoms with Crippen LogP contribution >= 0.6 is 0 Å². The molecule has 0 radical (unpaired) electrons. The SMILES string of the molecule is C=C/C1=C\CC/C=C/C(=N/OCC(=O)N2CCCCC2)Cc2cc(O)cc(C)c2C(=C)OCC1. The van der Waals surface area contributed by atoms with Crippen molar-refractivity contribution in [1.82, 2.24) is 4.90 Å². The summed E-state index contributed by atoms with van der Waals surface area (Å²) in [5.74, 6) is 0.691. The highest BCUT2D eigenvalue weighted by atomic mass is 16.6. The molecule has 6 heteroatoms. The molecular weight excluding hydrogens is 428 g/mol. The molecule has 6 nitrogen and oxygen atoms in total. The van der Waals surface area contributed by atoms with Gasteiger partial charge in [-0.25, -0.2) is 0 Å². The monoisotopic (exact) mass is 464 g/mol. The predicted molar refractivity (Wildman–Crippen MR) is 137 cm³/mol. The van der Waals surface area contributed by atoms with Crippen LogP contribution in [0.4, 0.5) is 0 Å². The van der Waals surface area contributed by atoms with Crippen LogP contribution in [-0.2, 0) is 20.8 Å². The maximum atomic E-state index is 12.4. The number of allylic oxidation sites excluding steroid dienone is 4. The Hall–Kier alpha value is -3.28. The third-order valence-corrected chi connectivity index (χ3v) is 6.11. The minimum absolute atomic E-state index is 0.0355. The Morgan fingerprint density at radius 2 is 2.06 bits per heavy atom. The molecule has 1 saturated heterocycles. The van der Waals surface area contributed by atoms with Crippen LogP contribution in [0.3, 0.4) is 0 Å². The number of ether oxygens (including phenoxy) is 1. The number of rotatable bonds is 4. The first-order valence-corrected chi connectivity index (χ1v) is 12.1. The molecule has 1 aromatic rings. The second-order valence-corrected chi connectivity index (χ2v) is 8.76. The summed E-state index contributed by atoms with van der Waals surface area (Å²) >= 11 is 0. The molecule has 0 aliphatic carbocycles. The number of fused-ring (bicyclic) bond motifs is 1. The maximum Gasteiger partial charge on any atom is 0.263 e. The third-order valence-electron chi connectivity index (χ3n) is 6.11. The molecule has 0 bridgehead atoms. The molecule has 1 aromatic carbocycles. The van der Waals surface area contributed by atoms with Crippen molar-refractivity contribution in [3.8, 4) is 5.75 Å². The molecule has 0 atom stereocenters. The molecular formula is C28H36N2O4. The summed E-state index contributed by atoms with van der Waals surface area (Å²) in [5.41, 5.74) is 4.36. The second kappa shape index (κ2) is 12.8. The Kier molecular flexibility index (Phi) is 9.56. The maximum absolute atomic E-state index is 12.4. The van der Waals surface area contributed by atoms with E-state index in [1.165, 1.54) is 6.42 Å². The summed E-state index contributed by atoms with van der Waals surface area (Å²) in [6, 6.07) is 3.41. The average Bonchev–Trinajstić information content (AvgIpc) is 2.82. The number of amides is 1. The molecule has 34 heavy (non-hydrogen) atoms. The van der Waals surface area contributed by atoms with Crippen LogP contribution in [0.5, 0.6) is 5.75 Å². The molecule has 182 valence electrons. The average molecular weight is 465 g/mol. The summed E-state index contributed by atoms with van der Waals surface area (Å²) in [6.45, 7) is 11.9. The van der Waals surface area contributed by atoms with Gasteiger partial charge in [0.05, 0.1) is 12.3 Å². The number of phenols is 1. The van der Waals surface area contributed by atoms with Gasteiger partial charge in [0.1, 0.15) is 11.5 Å². The number of aryl methyl sites for hydroxylation is 1. The number of benzene rings is 1. The number of hydrogen-bond donors (Lipinski definition) is 1. The van der Waals surface area contributed by atoms with Gasteiger partial charge in [-0.05, 0) is 73.9 Å². The lowest BCUT2D eigenvalue weighted by molar-refractivity contribution is -0.137. The Balaban J connectivity index is 1.84. The molecule has 0 aromatic heterocycles. The van der Waals surface area contributed by atoms with Gasteiger partial charge in [-0.1, -0.05) is 36.5 Å². The van der Waals surface area contributed by atoms with Gasteiger partial charge in [0.2, 0.25) is 0 Å². The van der Waals surface area contributed by atoms with Gasteiger partial charge in [0.25, 0.3) is 5.91 Å². The van der Waals surface area contributed by atoms with Crippen molar-refractivity contribution in [3.05, 3.63) is 71.9 Å². The number of phenolic OH excluding ortho intramolecular Hbond substituents is 1. The highest BCUT2D eigenvalue weighted by Crippen LogP contribution is 2.29. The summed E-state index contributed by atoms with van der Waals surface area (Å²) in [5, 5.41) is 14.5. The zero-order chi connectivity index (χ0) is 24.3. The molecule has 2 aliphatic rings. The van der Waals surface area contributed by atoms with Crippen molar-refractivity contribution in [2.75, 3.05) is 26.3 Å². The number of hydrogen-bond acceptors (Lipinski definition) is 5. The first-order valence-electron chi connectivity index (χ1n) is 12.1. The van der Waals surface area contributed by atoms with E-state index in [0.29, 0.717) is 24.5 Å². The normalized spacial score (nSPS) is 21.4. The van der Waals surface area contributed by atoms with Crippen molar-refractivity contribution >= 4 is 17.4 Å². The number of piperidine rings is 1. The van der Waals surface area contributed by atoms with E-state index >= 15 is 0 Å². The van der Waals surface area contributed by atoms with E-state index in [4.69, 9.17) is 9.57 Å². The third kappa shape index (κ3) is 7.37. The van der Waals surface area contributed by atoms with Gasteiger partial charge in [-0.3, -0.25) is 4.79 Å². The van der Waals surface area contributed by atoms with Crippen molar-refractivity contribution in [3.63, 3.8) is 0 Å². The lowest BCUT2D eigenvalue weighted by Crippen LogP contribution is -2.37. The van der Waals surface area contributed by atoms with Crippen LogP contribution in [0.1, 0.15) is 55.2 Å². The topological polar surface area (TPSA) is 71.4 Å². The zero-order valence-electron chi connectivity index (χ0n) is 20.2. The fourth-order valence-electron chi connectivity index (χ4n) is 4.34. The molecule has 1 amide bonds. The minimum atomic E-state index is -0.0789. The van der Waals surface area contributed by atoms with E-state index in [2.05, 4.69) is 30.5 Å². The number of likely N-dealkylation sites (tertiary alicyclic amines) is 1. The van der Waals surface area contributed by atoms with Gasteiger partial charge in [0, 0.05) is 31.5 Å². The van der Waals surface area contributed by atoms with Gasteiger partial charge in [-0.2, -0.15) is 0 Å². The standard InChI is InChI=1S/C28H36N2O4/c1-4-23-11-7-5-8-12-25(29-34-20-27(32)30-14-9-6-10-15-30)18-24-19-26(31)17-21(2)28(24)22(3)33-16-13-23/h4,8,11-12,17,19,31H,1,3,5-7,9-10,13-16,18,20H2,2H3/b12-8+,23-11+,29-25-. The summed E-state index contributed by atoms with van der Waals surface area (Å²) in [6.07, 6.45) is 14.1. The van der Waals surface area contributed by atoms with Crippen molar-refractivity contribution in [2.24, 2.45) is 5.16 Å². The second-order valence-electron chi connectivity index (χ2n) is 8.76. The Bertz CT molecular complexity index is 984. The Labute approximate surface area is 202 Å². The first kappa shape index (κ1) is 25.3. The molecule has 3 rings (SSSR count). The van der Waals surface area contributed by atoms with E-state index in [1.807, 2.05) is 24.0 Å². The molecule has 0 unspecified atom stereocenters. The van der Waals surface area contributed by atoms with Gasteiger partial charge < -0.3 is 19.6 Å². The van der Waals surface area contributed by atoms with E-state index < -0.39 is 0 Å². The van der Waals surface area contributed by atoms with Gasteiger partial charge in [0.15, 0.2) is 6.61 Å². The van der Waals surface area contributed by atoms with E-state index in [9.17, 15) is 9.90 Å². The van der Waals surface area contributed by atoms with Gasteiger partial charge in [-0.15, -0.1) is 0 Å². The number of oxime groups is 1. The summed E-state index contributed by atoms with van der Waals surface area (Å²) < 4.78 is 5.98. The van der Waals surface area contributed by atoms with Crippen LogP contribution in [0, 0.1) is 6.92 Å². The zero-order valence-corrected chi connectivity index (χ0v) is 20.2. The molecule has 0 spiro atoms. The van der Waals surface area contributed by atoms with Gasteiger partial charge >= 0.3 is 0 Å². The molecule has 1 N–H and O–H groups in total. The first-order chi connectivity index (χ1) is 16.5. The Morgan fingerprint density at radius 1 is 1.26 bits per heavy atom. The van der Waals surface area contributed by atoms with Crippen molar-refractivity contribution in [1.29, 1.82) is 0 Å². The van der Waals surface area contributed by atoms with Crippen molar-refractivity contribution < 1.29 is 19.5 Å². The number of carbonyl (C=O) groups is 1. The largest absolute Gasteiger partial charge is 0.508 e. The molecule has 1 fully saturated rings. The fraction of sp³-hybridized carbons (Fsp3) is 0.429. The highest BCUT2D eigenvalue weighted by molar-refractivity contribution is 5.97. The van der Waals surface area contributed by atoms with E-state index in [0.717, 1.165) is 67.5 Å².